The van der Waals surface area contributed by atoms with Gasteiger partial charge in [-0.2, -0.15) is 0 Å². The van der Waals surface area contributed by atoms with Gasteiger partial charge in [0.25, 0.3) is 5.91 Å². The molecule has 1 atom stereocenters. The van der Waals surface area contributed by atoms with Gasteiger partial charge in [-0.05, 0) is 51.0 Å². The number of benzene rings is 2. The summed E-state index contributed by atoms with van der Waals surface area (Å²) in [4.78, 5) is 23.1. The maximum Gasteiger partial charge on any atom is 0.254 e. The van der Waals surface area contributed by atoms with E-state index in [4.69, 9.17) is 4.98 Å². The number of carbonyl (C=O) groups is 1. The minimum Gasteiger partial charge on any atom is -0.340 e. The highest BCUT2D eigenvalue weighted by Crippen LogP contribution is 2.32. The average molecular weight is 319 g/mol. The largest absolute Gasteiger partial charge is 0.340 e. The van der Waals surface area contributed by atoms with Crippen LogP contribution in [0.4, 0.5) is 0 Å². The third-order valence-electron chi connectivity index (χ3n) is 4.71. The summed E-state index contributed by atoms with van der Waals surface area (Å²) < 4.78 is 0. The van der Waals surface area contributed by atoms with E-state index >= 15 is 0 Å². The second-order valence-electron chi connectivity index (χ2n) is 6.67. The van der Waals surface area contributed by atoms with Crippen LogP contribution < -0.4 is 0 Å². The molecule has 0 saturated carbocycles. The van der Waals surface area contributed by atoms with Crippen molar-refractivity contribution in [2.24, 2.45) is 0 Å². The van der Waals surface area contributed by atoms with Gasteiger partial charge >= 0.3 is 0 Å². The minimum absolute atomic E-state index is 0.0331. The van der Waals surface area contributed by atoms with Crippen molar-refractivity contribution in [2.75, 3.05) is 6.54 Å². The number of hydrogen-bond acceptors (Lipinski definition) is 2. The molecule has 0 unspecified atom stereocenters. The van der Waals surface area contributed by atoms with Crippen LogP contribution in [0.15, 0.2) is 42.5 Å². The van der Waals surface area contributed by atoms with Crippen LogP contribution in [-0.4, -0.2) is 27.3 Å². The molecule has 1 aliphatic rings. The van der Waals surface area contributed by atoms with Gasteiger partial charge in [-0.15, -0.1) is 0 Å². The Hall–Kier alpha value is -2.62. The van der Waals surface area contributed by atoms with Crippen LogP contribution in [0.1, 0.15) is 46.2 Å². The van der Waals surface area contributed by atoms with E-state index in [0.29, 0.717) is 0 Å². The number of aryl methyl sites for hydroxylation is 2. The molecule has 1 amide bonds. The number of carbonyl (C=O) groups excluding carboxylic acids is 1. The third-order valence-corrected chi connectivity index (χ3v) is 4.71. The summed E-state index contributed by atoms with van der Waals surface area (Å²) in [7, 11) is 0. The van der Waals surface area contributed by atoms with Gasteiger partial charge in [-0.25, -0.2) is 4.98 Å². The van der Waals surface area contributed by atoms with Crippen LogP contribution >= 0.6 is 0 Å². The van der Waals surface area contributed by atoms with Gasteiger partial charge in [0.2, 0.25) is 0 Å². The van der Waals surface area contributed by atoms with Gasteiger partial charge in [0.1, 0.15) is 5.82 Å². The van der Waals surface area contributed by atoms with Crippen molar-refractivity contribution in [1.29, 1.82) is 0 Å². The fourth-order valence-corrected chi connectivity index (χ4v) is 3.69. The molecule has 0 radical (unpaired) electrons. The van der Waals surface area contributed by atoms with Crippen molar-refractivity contribution in [3.05, 3.63) is 65.0 Å². The van der Waals surface area contributed by atoms with E-state index < -0.39 is 0 Å². The smallest absolute Gasteiger partial charge is 0.254 e. The Morgan fingerprint density at radius 3 is 2.67 bits per heavy atom. The number of imidazole rings is 1. The van der Waals surface area contributed by atoms with E-state index in [9.17, 15) is 4.79 Å². The van der Waals surface area contributed by atoms with Gasteiger partial charge in [-0.1, -0.05) is 29.3 Å². The number of hydrogen-bond donors (Lipinski definition) is 1. The zero-order chi connectivity index (χ0) is 16.7. The van der Waals surface area contributed by atoms with E-state index in [0.717, 1.165) is 52.9 Å². The lowest BCUT2D eigenvalue weighted by Crippen LogP contribution is -2.31. The molecule has 24 heavy (non-hydrogen) atoms. The molecule has 0 aliphatic carbocycles. The monoisotopic (exact) mass is 319 g/mol. The first kappa shape index (κ1) is 14.9. The van der Waals surface area contributed by atoms with Crippen molar-refractivity contribution in [1.82, 2.24) is 14.9 Å². The number of nitrogens with zero attached hydrogens (tertiary/aromatic N) is 2. The summed E-state index contributed by atoms with van der Waals surface area (Å²) in [6.45, 7) is 4.85. The molecule has 4 heteroatoms. The van der Waals surface area contributed by atoms with Crippen molar-refractivity contribution in [3.8, 4) is 0 Å². The zero-order valence-electron chi connectivity index (χ0n) is 14.0. The molecule has 3 aromatic rings. The molecule has 2 heterocycles. The van der Waals surface area contributed by atoms with Crippen molar-refractivity contribution >= 4 is 16.9 Å². The second kappa shape index (κ2) is 5.78. The van der Waals surface area contributed by atoms with Gasteiger partial charge in [-0.3, -0.25) is 4.79 Å². The molecule has 1 saturated heterocycles. The zero-order valence-corrected chi connectivity index (χ0v) is 14.0. The van der Waals surface area contributed by atoms with Crippen LogP contribution in [0, 0.1) is 13.8 Å². The highest BCUT2D eigenvalue weighted by molar-refractivity contribution is 5.95. The lowest BCUT2D eigenvalue weighted by molar-refractivity contribution is 0.0730. The van der Waals surface area contributed by atoms with E-state index in [2.05, 4.69) is 11.1 Å². The normalized spacial score (nSPS) is 17.6. The summed E-state index contributed by atoms with van der Waals surface area (Å²) in [6.07, 6.45) is 1.97. The SMILES string of the molecule is Cc1cc(C)cc(C(=O)N2CCC[C@H]2c2nc3ccccc3[nH]2)c1. The fraction of sp³-hybridized carbons (Fsp3) is 0.300. The Balaban J connectivity index is 1.68. The van der Waals surface area contributed by atoms with Crippen molar-refractivity contribution in [3.63, 3.8) is 0 Å². The summed E-state index contributed by atoms with van der Waals surface area (Å²) in [5.74, 6) is 0.996. The summed E-state index contributed by atoms with van der Waals surface area (Å²) in [6, 6.07) is 14.1. The highest BCUT2D eigenvalue weighted by atomic mass is 16.2. The number of para-hydroxylation sites is 2. The number of H-pyrrole nitrogens is 1. The Morgan fingerprint density at radius 1 is 1.17 bits per heavy atom. The van der Waals surface area contributed by atoms with Crippen molar-refractivity contribution < 1.29 is 4.79 Å². The molecule has 1 aromatic heterocycles. The molecular weight excluding hydrogens is 298 g/mol. The topological polar surface area (TPSA) is 49.0 Å². The summed E-state index contributed by atoms with van der Waals surface area (Å²) in [5, 5.41) is 0. The number of aromatic nitrogens is 2. The van der Waals surface area contributed by atoms with Gasteiger partial charge in [0.05, 0.1) is 17.1 Å². The number of nitrogens with one attached hydrogen (secondary N) is 1. The minimum atomic E-state index is 0.0331. The molecule has 2 aromatic carbocycles. The Kier molecular flexibility index (Phi) is 3.60. The predicted molar refractivity (Wildman–Crippen MR) is 95.0 cm³/mol. The molecule has 4 rings (SSSR count). The third kappa shape index (κ3) is 2.58. The second-order valence-corrected chi connectivity index (χ2v) is 6.67. The highest BCUT2D eigenvalue weighted by Gasteiger charge is 2.32. The Bertz CT molecular complexity index is 859. The maximum atomic E-state index is 13.0. The van der Waals surface area contributed by atoms with Gasteiger partial charge in [0.15, 0.2) is 0 Å². The number of fused-ring (bicyclic) bond motifs is 1. The van der Waals surface area contributed by atoms with Crippen LogP contribution in [0.25, 0.3) is 11.0 Å². The lowest BCUT2D eigenvalue weighted by Gasteiger charge is -2.23. The summed E-state index contributed by atoms with van der Waals surface area (Å²) >= 11 is 0. The number of likely N-dealkylation sites (tertiary alicyclic amines) is 1. The van der Waals surface area contributed by atoms with Gasteiger partial charge < -0.3 is 9.88 Å². The van der Waals surface area contributed by atoms with Gasteiger partial charge in [0, 0.05) is 12.1 Å². The first-order chi connectivity index (χ1) is 11.6. The first-order valence-electron chi connectivity index (χ1n) is 8.46. The molecule has 1 fully saturated rings. The van der Waals surface area contributed by atoms with Crippen LogP contribution in [-0.2, 0) is 0 Å². The maximum absolute atomic E-state index is 13.0. The quantitative estimate of drug-likeness (QED) is 0.771. The first-order valence-corrected chi connectivity index (χ1v) is 8.46. The number of amides is 1. The Labute approximate surface area is 141 Å². The van der Waals surface area contributed by atoms with E-state index in [-0.39, 0.29) is 11.9 Å². The molecule has 122 valence electrons. The fourth-order valence-electron chi connectivity index (χ4n) is 3.69. The van der Waals surface area contributed by atoms with Crippen LogP contribution in [0.2, 0.25) is 0 Å². The number of rotatable bonds is 2. The van der Waals surface area contributed by atoms with E-state index in [1.807, 2.05) is 55.1 Å². The Morgan fingerprint density at radius 2 is 1.92 bits per heavy atom. The standard InChI is InChI=1S/C20H21N3O/c1-13-10-14(2)12-15(11-13)20(24)23-9-5-8-18(23)19-21-16-6-3-4-7-17(16)22-19/h3-4,6-7,10-12,18H,5,8-9H2,1-2H3,(H,21,22)/t18-/m0/s1. The molecular formula is C20H21N3O. The molecule has 0 bridgehead atoms. The molecule has 1 aliphatic heterocycles. The van der Waals surface area contributed by atoms with E-state index in [1.54, 1.807) is 0 Å². The number of aromatic amines is 1. The van der Waals surface area contributed by atoms with E-state index in [1.165, 1.54) is 0 Å². The molecule has 0 spiro atoms. The molecule has 4 nitrogen and oxygen atoms in total. The van der Waals surface area contributed by atoms with Crippen LogP contribution in [0.3, 0.4) is 0 Å². The van der Waals surface area contributed by atoms with Crippen molar-refractivity contribution in [2.45, 2.75) is 32.7 Å². The lowest BCUT2D eigenvalue weighted by atomic mass is 10.1. The average Bonchev–Trinajstić information content (AvgIpc) is 3.19. The molecule has 1 N–H and O–H groups in total. The summed E-state index contributed by atoms with van der Waals surface area (Å²) in [5.41, 5.74) is 5.00. The predicted octanol–water partition coefficient (Wildman–Crippen LogP) is 4.16. The van der Waals surface area contributed by atoms with Crippen LogP contribution in [0.5, 0.6) is 0 Å².